The first-order chi connectivity index (χ1) is 12.7. The van der Waals surface area contributed by atoms with E-state index in [9.17, 15) is 22.8 Å². The van der Waals surface area contributed by atoms with E-state index in [0.717, 1.165) is 19.3 Å². The Bertz CT molecular complexity index is 556. The van der Waals surface area contributed by atoms with Gasteiger partial charge in [-0.15, -0.1) is 0 Å². The fourth-order valence-corrected chi connectivity index (χ4v) is 3.15. The second-order valence-corrected chi connectivity index (χ2v) is 7.98. The molecule has 1 N–H and O–H groups in total. The van der Waals surface area contributed by atoms with Crippen LogP contribution in [0, 0.1) is 0 Å². The molecule has 0 saturated carbocycles. The highest BCUT2D eigenvalue weighted by Gasteiger charge is 2.35. The van der Waals surface area contributed by atoms with Crippen LogP contribution < -0.4 is 0 Å². The van der Waals surface area contributed by atoms with Crippen molar-refractivity contribution in [2.24, 2.45) is 0 Å². The lowest BCUT2D eigenvalue weighted by Gasteiger charge is -2.11. The summed E-state index contributed by atoms with van der Waals surface area (Å²) in [5.41, 5.74) is 0. The monoisotopic (exact) mass is 408 g/mol. The summed E-state index contributed by atoms with van der Waals surface area (Å²) in [4.78, 5) is 34.8. The van der Waals surface area contributed by atoms with E-state index in [1.54, 1.807) is 0 Å². The van der Waals surface area contributed by atoms with Crippen LogP contribution >= 0.6 is 0 Å². The van der Waals surface area contributed by atoms with Crippen LogP contribution in [0.15, 0.2) is 0 Å². The predicted molar refractivity (Wildman–Crippen MR) is 99.5 cm³/mol. The van der Waals surface area contributed by atoms with Crippen LogP contribution in [-0.4, -0.2) is 42.7 Å². The Kier molecular flexibility index (Phi) is 13.8. The minimum absolute atomic E-state index is 0.0392. The summed E-state index contributed by atoms with van der Waals surface area (Å²) < 4.78 is 40.4. The van der Waals surface area contributed by atoms with Gasteiger partial charge in [0, 0.05) is 6.42 Å². The zero-order valence-electron chi connectivity index (χ0n) is 16.3. The maximum absolute atomic E-state index is 11.7. The molecule has 0 saturated heterocycles. The first-order valence-corrected chi connectivity index (χ1v) is 11.1. The van der Waals surface area contributed by atoms with Gasteiger partial charge >= 0.3 is 17.9 Å². The molecule has 0 aromatic rings. The van der Waals surface area contributed by atoms with E-state index >= 15 is 0 Å². The Hall–Kier alpha value is -1.48. The fourth-order valence-electron chi connectivity index (χ4n) is 2.50. The van der Waals surface area contributed by atoms with Gasteiger partial charge in [-0.1, -0.05) is 58.3 Å². The lowest BCUT2D eigenvalue weighted by molar-refractivity contribution is -0.161. The summed E-state index contributed by atoms with van der Waals surface area (Å²) in [6.45, 7) is 3.51. The van der Waals surface area contributed by atoms with Crippen LogP contribution in [-0.2, 0) is 34.0 Å². The number of hydrogen-bond acceptors (Lipinski definition) is 7. The van der Waals surface area contributed by atoms with Crippen molar-refractivity contribution in [1.29, 1.82) is 0 Å². The van der Waals surface area contributed by atoms with Crippen molar-refractivity contribution >= 4 is 28.0 Å². The van der Waals surface area contributed by atoms with E-state index < -0.39 is 39.7 Å². The first kappa shape index (κ1) is 25.5. The molecule has 0 rings (SSSR count). The lowest BCUT2D eigenvalue weighted by Crippen LogP contribution is -2.34. The maximum atomic E-state index is 11.7. The van der Waals surface area contributed by atoms with Gasteiger partial charge in [-0.3, -0.25) is 18.9 Å². The molecule has 0 spiro atoms. The molecule has 0 heterocycles. The van der Waals surface area contributed by atoms with Gasteiger partial charge < -0.3 is 9.47 Å². The van der Waals surface area contributed by atoms with Gasteiger partial charge in [0.2, 0.25) is 0 Å². The average molecular weight is 409 g/mol. The average Bonchev–Trinajstić information content (AvgIpc) is 2.57. The molecule has 8 nitrogen and oxygen atoms in total. The molecule has 0 aliphatic carbocycles. The highest BCUT2D eigenvalue weighted by atomic mass is 32.2. The summed E-state index contributed by atoms with van der Waals surface area (Å²) in [7, 11) is -4.84. The van der Waals surface area contributed by atoms with E-state index in [0.29, 0.717) is 6.42 Å². The van der Waals surface area contributed by atoms with E-state index in [1.807, 2.05) is 0 Å². The van der Waals surface area contributed by atoms with Gasteiger partial charge in [0.15, 0.2) is 5.25 Å². The molecule has 0 fully saturated rings. The summed E-state index contributed by atoms with van der Waals surface area (Å²) in [5.74, 6) is -3.23. The van der Waals surface area contributed by atoms with Crippen LogP contribution in [0.25, 0.3) is 0 Å². The lowest BCUT2D eigenvalue weighted by atomic mass is 10.1. The molecular formula is C18H32O8S. The Morgan fingerprint density at radius 2 is 1.37 bits per heavy atom. The Balaban J connectivity index is 4.06. The van der Waals surface area contributed by atoms with E-state index in [2.05, 4.69) is 16.4 Å². The van der Waals surface area contributed by atoms with Crippen molar-refractivity contribution in [2.45, 2.75) is 89.7 Å². The van der Waals surface area contributed by atoms with Crippen LogP contribution in [0.2, 0.25) is 0 Å². The maximum Gasteiger partial charge on any atom is 0.327 e. The second kappa shape index (κ2) is 14.6. The molecule has 27 heavy (non-hydrogen) atoms. The SMILES string of the molecule is CCCCCCCCCCCC(=O)OC(=O)CC(C(=O)OCC)S(=O)(=O)O. The van der Waals surface area contributed by atoms with E-state index in [1.165, 1.54) is 39.0 Å². The zero-order valence-corrected chi connectivity index (χ0v) is 17.1. The summed E-state index contributed by atoms with van der Waals surface area (Å²) >= 11 is 0. The minimum atomic E-state index is -4.84. The Morgan fingerprint density at radius 1 is 0.852 bits per heavy atom. The van der Waals surface area contributed by atoms with Crippen LogP contribution in [0.4, 0.5) is 0 Å². The van der Waals surface area contributed by atoms with Crippen molar-refractivity contribution in [3.63, 3.8) is 0 Å². The van der Waals surface area contributed by atoms with Gasteiger partial charge in [-0.25, -0.2) is 0 Å². The molecule has 0 amide bonds. The minimum Gasteiger partial charge on any atom is -0.465 e. The summed E-state index contributed by atoms with van der Waals surface area (Å²) in [6.07, 6.45) is 8.70. The van der Waals surface area contributed by atoms with E-state index in [-0.39, 0.29) is 13.0 Å². The number of unbranched alkanes of at least 4 members (excludes halogenated alkanes) is 8. The van der Waals surface area contributed by atoms with Crippen LogP contribution in [0.5, 0.6) is 0 Å². The number of carbonyl (C=O) groups is 3. The Morgan fingerprint density at radius 3 is 1.85 bits per heavy atom. The topological polar surface area (TPSA) is 124 Å². The highest BCUT2D eigenvalue weighted by molar-refractivity contribution is 7.87. The predicted octanol–water partition coefficient (Wildman–Crippen LogP) is 3.19. The molecule has 1 unspecified atom stereocenters. The first-order valence-electron chi connectivity index (χ1n) is 9.58. The molecule has 158 valence electrons. The van der Waals surface area contributed by atoms with Gasteiger partial charge in [0.1, 0.15) is 0 Å². The van der Waals surface area contributed by atoms with Gasteiger partial charge in [-0.2, -0.15) is 8.42 Å². The zero-order chi connectivity index (χ0) is 20.7. The Labute approximate surface area is 161 Å². The van der Waals surface area contributed by atoms with Gasteiger partial charge in [0.25, 0.3) is 10.1 Å². The standard InChI is InChI=1S/C18H32O8S/c1-3-5-6-7-8-9-10-11-12-13-16(19)26-17(20)14-15(27(22,23)24)18(21)25-4-2/h15H,3-14H2,1-2H3,(H,22,23,24). The van der Waals surface area contributed by atoms with Crippen molar-refractivity contribution in [1.82, 2.24) is 0 Å². The third-order valence-electron chi connectivity index (χ3n) is 3.97. The van der Waals surface area contributed by atoms with Gasteiger partial charge in [0.05, 0.1) is 13.0 Å². The van der Waals surface area contributed by atoms with Gasteiger partial charge in [-0.05, 0) is 13.3 Å². The molecular weight excluding hydrogens is 376 g/mol. The number of hydrogen-bond donors (Lipinski definition) is 1. The quantitative estimate of drug-likeness (QED) is 0.190. The number of rotatable bonds is 15. The van der Waals surface area contributed by atoms with Crippen molar-refractivity contribution in [3.8, 4) is 0 Å². The molecule has 0 aliphatic rings. The molecule has 9 heteroatoms. The molecule has 0 radical (unpaired) electrons. The molecule has 1 atom stereocenters. The highest BCUT2D eigenvalue weighted by Crippen LogP contribution is 2.12. The second-order valence-electron chi connectivity index (χ2n) is 6.38. The fraction of sp³-hybridized carbons (Fsp3) is 0.833. The van der Waals surface area contributed by atoms with Crippen molar-refractivity contribution in [2.75, 3.05) is 6.61 Å². The molecule has 0 aromatic heterocycles. The van der Waals surface area contributed by atoms with Crippen LogP contribution in [0.1, 0.15) is 84.5 Å². The normalized spacial score (nSPS) is 12.4. The largest absolute Gasteiger partial charge is 0.465 e. The molecule has 0 bridgehead atoms. The van der Waals surface area contributed by atoms with Crippen molar-refractivity contribution in [3.05, 3.63) is 0 Å². The summed E-state index contributed by atoms with van der Waals surface area (Å²) in [6, 6.07) is 0. The smallest absolute Gasteiger partial charge is 0.327 e. The number of carbonyl (C=O) groups excluding carboxylic acids is 3. The van der Waals surface area contributed by atoms with Crippen LogP contribution in [0.3, 0.4) is 0 Å². The molecule has 0 aromatic carbocycles. The van der Waals surface area contributed by atoms with Crippen molar-refractivity contribution < 1.29 is 36.8 Å². The van der Waals surface area contributed by atoms with E-state index in [4.69, 9.17) is 4.55 Å². The summed E-state index contributed by atoms with van der Waals surface area (Å²) in [5, 5.41) is -2.09. The molecule has 0 aliphatic heterocycles. The number of esters is 3. The third kappa shape index (κ3) is 13.4. The third-order valence-corrected chi connectivity index (χ3v) is 5.05. The number of ether oxygens (including phenoxy) is 2.